The minimum Gasteiger partial charge on any atom is -0.310 e. The van der Waals surface area contributed by atoms with Crippen LogP contribution in [0.4, 0.5) is 34.1 Å². The van der Waals surface area contributed by atoms with E-state index in [0.717, 1.165) is 35.5 Å². The van der Waals surface area contributed by atoms with Gasteiger partial charge in [0.05, 0.1) is 0 Å². The summed E-state index contributed by atoms with van der Waals surface area (Å²) in [5.41, 5.74) is 49.3. The molecular formula is C110H92N2. The molecule has 0 unspecified atom stereocenters. The molecule has 0 aliphatic heterocycles. The summed E-state index contributed by atoms with van der Waals surface area (Å²) < 4.78 is 0. The topological polar surface area (TPSA) is 6.48 Å². The lowest BCUT2D eigenvalue weighted by Crippen LogP contribution is -2.23. The van der Waals surface area contributed by atoms with Gasteiger partial charge in [0, 0.05) is 66.6 Å². The van der Waals surface area contributed by atoms with Crippen molar-refractivity contribution in [2.45, 2.75) is 128 Å². The monoisotopic (exact) mass is 1440 g/mol. The van der Waals surface area contributed by atoms with Crippen molar-refractivity contribution in [1.29, 1.82) is 0 Å². The van der Waals surface area contributed by atoms with Crippen molar-refractivity contribution < 1.29 is 0 Å². The third-order valence-corrected chi connectivity index (χ3v) is 28.0. The predicted molar refractivity (Wildman–Crippen MR) is 475 cm³/mol. The SMILES string of the molecule is C=C1c2ccccc2-c2ccc(N(c3ccc4c(c3)C(C)(C)c3ccccc3-4)c3ccc4c(c3)C(C)(C)c3cc(/C=C/c5ccc6c(c5)C(CC)(CC)c5cc(/C=C/c7ccc8c(c7)C(C)(C)c7cc(N(c9ccc%10c(c9)C(C)(C)c9ccccc9-%10)c9ccc%10c(c9)C(C)(C)c9ccccc9-%10)ccc7-8)ccc5-6)ccc3-4)cc21. The molecule has 2 nitrogen and oxygen atoms in total. The number of fused-ring (bicyclic) bond motifs is 21. The van der Waals surface area contributed by atoms with Crippen LogP contribution in [0.3, 0.4) is 0 Å². The molecule has 0 heterocycles. The summed E-state index contributed by atoms with van der Waals surface area (Å²) in [4.78, 5) is 5.02. The van der Waals surface area contributed by atoms with E-state index in [9.17, 15) is 0 Å². The molecular weight excluding hydrogens is 1350 g/mol. The van der Waals surface area contributed by atoms with E-state index in [2.05, 4.69) is 403 Å². The van der Waals surface area contributed by atoms with Gasteiger partial charge in [0.2, 0.25) is 0 Å². The first kappa shape index (κ1) is 68.0. The summed E-state index contributed by atoms with van der Waals surface area (Å²) in [6.07, 6.45) is 11.4. The first-order valence-electron chi connectivity index (χ1n) is 40.6. The van der Waals surface area contributed by atoms with Gasteiger partial charge in [-0.3, -0.25) is 0 Å². The molecule has 0 radical (unpaired) electrons. The van der Waals surface area contributed by atoms with Gasteiger partial charge in [0.1, 0.15) is 0 Å². The minimum absolute atomic E-state index is 0.107. The Morgan fingerprint density at radius 3 is 0.741 bits per heavy atom. The second-order valence-electron chi connectivity index (χ2n) is 35.5. The lowest BCUT2D eigenvalue weighted by Gasteiger charge is -2.31. The number of anilines is 6. The quantitative estimate of drug-likeness (QED) is 0.113. The number of nitrogens with zero attached hydrogens (tertiary/aromatic N) is 2. The average Bonchev–Trinajstić information content (AvgIpc) is 1.64. The Kier molecular flexibility index (Phi) is 14.5. The Morgan fingerprint density at radius 2 is 0.429 bits per heavy atom. The molecule has 0 fully saturated rings. The van der Waals surface area contributed by atoms with Crippen LogP contribution in [0.1, 0.15) is 196 Å². The van der Waals surface area contributed by atoms with Gasteiger partial charge in [-0.2, -0.15) is 0 Å². The van der Waals surface area contributed by atoms with Crippen LogP contribution in [-0.4, -0.2) is 0 Å². The molecule has 0 amide bonds. The first-order valence-corrected chi connectivity index (χ1v) is 40.6. The van der Waals surface area contributed by atoms with Crippen molar-refractivity contribution in [1.82, 2.24) is 0 Å². The van der Waals surface area contributed by atoms with E-state index in [1.165, 1.54) is 195 Å². The van der Waals surface area contributed by atoms with Gasteiger partial charge in [-0.05, 0) is 269 Å². The summed E-state index contributed by atoms with van der Waals surface area (Å²) in [6.45, 7) is 33.4. The molecule has 14 aromatic rings. The Morgan fingerprint density at radius 1 is 0.214 bits per heavy atom. The van der Waals surface area contributed by atoms with E-state index >= 15 is 0 Å². The van der Waals surface area contributed by atoms with Crippen molar-refractivity contribution in [2.24, 2.45) is 0 Å². The van der Waals surface area contributed by atoms with Crippen molar-refractivity contribution in [3.63, 3.8) is 0 Å². The molecule has 7 aliphatic rings. The van der Waals surface area contributed by atoms with Gasteiger partial charge in [0.15, 0.2) is 0 Å². The standard InChI is InChI=1S/C110H92N2/c1-14-110(15-2)103-58-69(34-32-67-36-46-83-88-54-44-73(64-101(88)108(10,11)96(83)56-67)111(71-40-50-79-78-25-17-16-24-77(78)66(3)92(79)60-71)72-41-51-85-80-26-18-21-29-93(80)105(4,5)98(85)61-72)38-48-90(103)91-49-39-70(59-104(91)110)35-33-68-37-47-84-89-55-45-76(65-102(89)109(12,13)97(84)57-68)112(74-42-52-86-81-27-19-22-30-94(81)106(6,7)99(86)62-74)75-43-53-87-82-28-20-23-31-95(82)107(8,9)100(87)63-75/h16-65H,3,14-15H2,1-2,4-13H3/b34-32+,35-33+. The highest BCUT2D eigenvalue weighted by Gasteiger charge is 2.44. The Labute approximate surface area is 661 Å². The lowest BCUT2D eigenvalue weighted by molar-refractivity contribution is 0.490. The molecule has 7 aliphatic carbocycles. The number of benzene rings is 14. The van der Waals surface area contributed by atoms with Crippen LogP contribution < -0.4 is 9.80 Å². The lowest BCUT2D eigenvalue weighted by atomic mass is 9.73. The van der Waals surface area contributed by atoms with E-state index in [4.69, 9.17) is 0 Å². The maximum Gasteiger partial charge on any atom is 0.0468 e. The smallest absolute Gasteiger partial charge is 0.0468 e. The Bertz CT molecular complexity index is 6430. The van der Waals surface area contributed by atoms with Crippen molar-refractivity contribution in [3.8, 4) is 77.9 Å². The fourth-order valence-electron chi connectivity index (χ4n) is 21.8. The average molecular weight is 1440 g/mol. The third-order valence-electron chi connectivity index (χ3n) is 28.0. The molecule has 0 spiro atoms. The van der Waals surface area contributed by atoms with E-state index in [1.807, 2.05) is 0 Å². The first-order chi connectivity index (χ1) is 54.1. The predicted octanol–water partition coefficient (Wildman–Crippen LogP) is 29.6. The molecule has 0 saturated carbocycles. The zero-order valence-electron chi connectivity index (χ0n) is 66.4. The van der Waals surface area contributed by atoms with Crippen LogP contribution in [0.25, 0.3) is 108 Å². The van der Waals surface area contributed by atoms with Crippen molar-refractivity contribution in [3.05, 3.63) is 386 Å². The van der Waals surface area contributed by atoms with Crippen LogP contribution in [0, 0.1) is 0 Å². The highest BCUT2D eigenvalue weighted by molar-refractivity contribution is 6.03. The maximum atomic E-state index is 4.66. The van der Waals surface area contributed by atoms with Gasteiger partial charge >= 0.3 is 0 Å². The fraction of sp³-hybridized carbons (Fsp3) is 0.182. The molecule has 112 heavy (non-hydrogen) atoms. The molecule has 0 N–H and O–H groups in total. The minimum atomic E-state index is -0.255. The summed E-state index contributed by atoms with van der Waals surface area (Å²) in [5.74, 6) is 0. The van der Waals surface area contributed by atoms with Crippen molar-refractivity contribution in [2.75, 3.05) is 9.80 Å². The maximum absolute atomic E-state index is 4.66. The summed E-state index contributed by atoms with van der Waals surface area (Å²) in [5, 5.41) is 0. The van der Waals surface area contributed by atoms with Gasteiger partial charge in [0.25, 0.3) is 0 Å². The Hall–Kier alpha value is -12.1. The highest BCUT2D eigenvalue weighted by atomic mass is 15.1. The summed E-state index contributed by atoms with van der Waals surface area (Å²) >= 11 is 0. The second kappa shape index (κ2) is 24.0. The molecule has 14 aromatic carbocycles. The van der Waals surface area contributed by atoms with Gasteiger partial charge in [-0.15, -0.1) is 0 Å². The molecule has 2 heteroatoms. The van der Waals surface area contributed by atoms with Crippen LogP contribution in [0.15, 0.2) is 286 Å². The van der Waals surface area contributed by atoms with Crippen LogP contribution in [-0.2, 0) is 32.5 Å². The van der Waals surface area contributed by atoms with Crippen molar-refractivity contribution >= 4 is 64.0 Å². The van der Waals surface area contributed by atoms with Gasteiger partial charge in [-0.25, -0.2) is 0 Å². The normalized spacial score (nSPS) is 16.3. The molecule has 0 saturated heterocycles. The third kappa shape index (κ3) is 9.57. The summed E-state index contributed by atoms with van der Waals surface area (Å²) in [6, 6.07) is 107. The van der Waals surface area contributed by atoms with E-state index in [-0.39, 0.29) is 32.5 Å². The van der Waals surface area contributed by atoms with Gasteiger partial charge in [-0.1, -0.05) is 320 Å². The van der Waals surface area contributed by atoms with E-state index in [0.29, 0.717) is 0 Å². The molecule has 0 bridgehead atoms. The molecule has 0 aromatic heterocycles. The second-order valence-corrected chi connectivity index (χ2v) is 35.5. The van der Waals surface area contributed by atoms with E-state index in [1.54, 1.807) is 0 Å². The highest BCUT2D eigenvalue weighted by Crippen LogP contribution is 2.60. The zero-order chi connectivity index (χ0) is 76.4. The molecule has 0 atom stereocenters. The zero-order valence-corrected chi connectivity index (χ0v) is 66.4. The Balaban J connectivity index is 0.554. The van der Waals surface area contributed by atoms with E-state index < -0.39 is 0 Å². The fourth-order valence-corrected chi connectivity index (χ4v) is 21.8. The van der Waals surface area contributed by atoms with Crippen LogP contribution >= 0.6 is 0 Å². The number of rotatable bonds is 12. The molecule has 542 valence electrons. The number of hydrogen-bond acceptors (Lipinski definition) is 2. The summed E-state index contributed by atoms with van der Waals surface area (Å²) in [7, 11) is 0. The number of hydrogen-bond donors (Lipinski definition) is 0. The van der Waals surface area contributed by atoms with Crippen LogP contribution in [0.5, 0.6) is 0 Å². The van der Waals surface area contributed by atoms with Gasteiger partial charge < -0.3 is 9.80 Å². The molecule has 21 rings (SSSR count). The van der Waals surface area contributed by atoms with Crippen LogP contribution in [0.2, 0.25) is 0 Å². The largest absolute Gasteiger partial charge is 0.310 e.